The van der Waals surface area contributed by atoms with Crippen molar-refractivity contribution in [2.45, 2.75) is 45.8 Å². The van der Waals surface area contributed by atoms with Gasteiger partial charge in [0.2, 0.25) is 0 Å². The maximum absolute atomic E-state index is 13.2. The first-order chi connectivity index (χ1) is 8.60. The van der Waals surface area contributed by atoms with E-state index in [1.807, 2.05) is 6.07 Å². The Balaban J connectivity index is 2.10. The minimum absolute atomic E-state index is 0.193. The molecule has 0 saturated heterocycles. The van der Waals surface area contributed by atoms with Crippen LogP contribution in [0.25, 0.3) is 0 Å². The van der Waals surface area contributed by atoms with E-state index in [1.165, 1.54) is 24.5 Å². The predicted octanol–water partition coefficient (Wildman–Crippen LogP) is 2.90. The van der Waals surface area contributed by atoms with E-state index in [0.29, 0.717) is 12.5 Å². The molecule has 0 unspecified atom stereocenters. The Morgan fingerprint density at radius 3 is 2.61 bits per heavy atom. The van der Waals surface area contributed by atoms with Crippen LogP contribution in [0.1, 0.15) is 37.8 Å². The molecule has 0 spiro atoms. The van der Waals surface area contributed by atoms with Gasteiger partial charge in [0.25, 0.3) is 0 Å². The van der Waals surface area contributed by atoms with Crippen LogP contribution in [0.4, 0.5) is 4.39 Å². The molecule has 0 aliphatic heterocycles. The summed E-state index contributed by atoms with van der Waals surface area (Å²) in [5.41, 5.74) is 7.81. The quantitative estimate of drug-likeness (QED) is 0.841. The number of nitrogens with zero attached hydrogens (tertiary/aromatic N) is 1. The molecule has 2 N–H and O–H groups in total. The fourth-order valence-corrected chi connectivity index (χ4v) is 2.41. The van der Waals surface area contributed by atoms with Crippen LogP contribution in [0.3, 0.4) is 0 Å². The Kier molecular flexibility index (Phi) is 4.36. The van der Waals surface area contributed by atoms with Crippen molar-refractivity contribution in [2.75, 3.05) is 6.54 Å². The maximum atomic E-state index is 13.2. The van der Waals surface area contributed by atoms with E-state index in [9.17, 15) is 4.39 Å². The van der Waals surface area contributed by atoms with Crippen molar-refractivity contribution in [2.24, 2.45) is 11.7 Å². The molecule has 0 bridgehead atoms. The number of halogens is 1. The smallest absolute Gasteiger partial charge is 0.123 e. The third-order valence-electron chi connectivity index (χ3n) is 3.42. The largest absolute Gasteiger partial charge is 0.326 e. The zero-order valence-electron chi connectivity index (χ0n) is 11.3. The predicted molar refractivity (Wildman–Crippen MR) is 72.6 cm³/mol. The first-order valence-corrected chi connectivity index (χ1v) is 6.81. The van der Waals surface area contributed by atoms with Crippen molar-refractivity contribution in [3.8, 4) is 0 Å². The average Bonchev–Trinajstić information content (AvgIpc) is 3.13. The second kappa shape index (κ2) is 5.81. The van der Waals surface area contributed by atoms with Gasteiger partial charge in [-0.15, -0.1) is 0 Å². The molecule has 3 heteroatoms. The molecule has 1 saturated carbocycles. The standard InChI is InChI=1S/C15H23FN2/c1-11(2)9-18(15-5-6-15)10-12-3-4-14(16)7-13(12)8-17/h3-4,7,11,15H,5-6,8-10,17H2,1-2H3. The molecule has 1 aromatic rings. The molecule has 18 heavy (non-hydrogen) atoms. The van der Waals surface area contributed by atoms with Gasteiger partial charge in [0.15, 0.2) is 0 Å². The third-order valence-corrected chi connectivity index (χ3v) is 3.42. The molecule has 1 aliphatic rings. The molecule has 0 amide bonds. The first-order valence-electron chi connectivity index (χ1n) is 6.81. The number of rotatable bonds is 6. The fourth-order valence-electron chi connectivity index (χ4n) is 2.41. The van der Waals surface area contributed by atoms with Crippen LogP contribution >= 0.6 is 0 Å². The number of hydrogen-bond donors (Lipinski definition) is 1. The van der Waals surface area contributed by atoms with Crippen molar-refractivity contribution in [1.29, 1.82) is 0 Å². The highest BCUT2D eigenvalue weighted by atomic mass is 19.1. The van der Waals surface area contributed by atoms with E-state index in [-0.39, 0.29) is 5.82 Å². The van der Waals surface area contributed by atoms with Gasteiger partial charge >= 0.3 is 0 Å². The number of hydrogen-bond acceptors (Lipinski definition) is 2. The van der Waals surface area contributed by atoms with Gasteiger partial charge in [0, 0.05) is 25.7 Å². The van der Waals surface area contributed by atoms with Crippen molar-refractivity contribution >= 4 is 0 Å². The van der Waals surface area contributed by atoms with Crippen molar-refractivity contribution in [1.82, 2.24) is 4.90 Å². The summed E-state index contributed by atoms with van der Waals surface area (Å²) in [7, 11) is 0. The van der Waals surface area contributed by atoms with Crippen molar-refractivity contribution in [3.63, 3.8) is 0 Å². The van der Waals surface area contributed by atoms with Gasteiger partial charge < -0.3 is 5.73 Å². The fraction of sp³-hybridized carbons (Fsp3) is 0.600. The highest BCUT2D eigenvalue weighted by Gasteiger charge is 2.29. The maximum Gasteiger partial charge on any atom is 0.123 e. The normalized spacial score (nSPS) is 15.7. The van der Waals surface area contributed by atoms with Crippen molar-refractivity contribution < 1.29 is 4.39 Å². The summed E-state index contributed by atoms with van der Waals surface area (Å²) >= 11 is 0. The van der Waals surface area contributed by atoms with Gasteiger partial charge in [-0.3, -0.25) is 4.90 Å². The second-order valence-electron chi connectivity index (χ2n) is 5.67. The summed E-state index contributed by atoms with van der Waals surface area (Å²) in [6, 6.07) is 5.71. The summed E-state index contributed by atoms with van der Waals surface area (Å²) in [6.07, 6.45) is 2.59. The first kappa shape index (κ1) is 13.5. The van der Waals surface area contributed by atoms with Crippen LogP contribution in [0.15, 0.2) is 18.2 Å². The van der Waals surface area contributed by atoms with E-state index in [4.69, 9.17) is 5.73 Å². The molecule has 0 radical (unpaired) electrons. The van der Waals surface area contributed by atoms with E-state index < -0.39 is 0 Å². The molecule has 0 atom stereocenters. The topological polar surface area (TPSA) is 29.3 Å². The third kappa shape index (κ3) is 3.53. The van der Waals surface area contributed by atoms with Crippen LogP contribution in [0.2, 0.25) is 0 Å². The minimum Gasteiger partial charge on any atom is -0.326 e. The lowest BCUT2D eigenvalue weighted by Gasteiger charge is -2.25. The Labute approximate surface area is 109 Å². The van der Waals surface area contributed by atoms with Crippen LogP contribution in [-0.2, 0) is 13.1 Å². The molecule has 0 heterocycles. The van der Waals surface area contributed by atoms with E-state index in [1.54, 1.807) is 6.07 Å². The van der Waals surface area contributed by atoms with Crippen LogP contribution < -0.4 is 5.73 Å². The Morgan fingerprint density at radius 2 is 2.06 bits per heavy atom. The molecular formula is C15H23FN2. The molecule has 1 fully saturated rings. The lowest BCUT2D eigenvalue weighted by molar-refractivity contribution is 0.225. The van der Waals surface area contributed by atoms with Gasteiger partial charge in [-0.1, -0.05) is 19.9 Å². The summed E-state index contributed by atoms with van der Waals surface area (Å²) in [5, 5.41) is 0. The SMILES string of the molecule is CC(C)CN(Cc1ccc(F)cc1CN)C1CC1. The summed E-state index contributed by atoms with van der Waals surface area (Å²) < 4.78 is 13.2. The zero-order valence-corrected chi connectivity index (χ0v) is 11.3. The number of benzene rings is 1. The molecule has 1 aliphatic carbocycles. The van der Waals surface area contributed by atoms with Gasteiger partial charge in [-0.2, -0.15) is 0 Å². The van der Waals surface area contributed by atoms with Crippen LogP contribution in [0, 0.1) is 11.7 Å². The van der Waals surface area contributed by atoms with Gasteiger partial charge in [0.1, 0.15) is 5.82 Å². The minimum atomic E-state index is -0.193. The Bertz CT molecular complexity index is 399. The van der Waals surface area contributed by atoms with Crippen molar-refractivity contribution in [3.05, 3.63) is 35.1 Å². The van der Waals surface area contributed by atoms with E-state index in [2.05, 4.69) is 18.7 Å². The monoisotopic (exact) mass is 250 g/mol. The van der Waals surface area contributed by atoms with E-state index in [0.717, 1.165) is 24.7 Å². The Morgan fingerprint density at radius 1 is 1.33 bits per heavy atom. The molecule has 2 rings (SSSR count). The lowest BCUT2D eigenvalue weighted by atomic mass is 10.1. The molecule has 2 nitrogen and oxygen atoms in total. The van der Waals surface area contributed by atoms with Crippen LogP contribution in [0.5, 0.6) is 0 Å². The molecule has 100 valence electrons. The van der Waals surface area contributed by atoms with Crippen LogP contribution in [-0.4, -0.2) is 17.5 Å². The molecule has 0 aromatic heterocycles. The molecular weight excluding hydrogens is 227 g/mol. The second-order valence-corrected chi connectivity index (χ2v) is 5.67. The molecule has 1 aromatic carbocycles. The summed E-state index contributed by atoms with van der Waals surface area (Å²) in [4.78, 5) is 2.51. The van der Waals surface area contributed by atoms with Gasteiger partial charge in [-0.05, 0) is 42.0 Å². The summed E-state index contributed by atoms with van der Waals surface area (Å²) in [5.74, 6) is 0.466. The number of nitrogens with two attached hydrogens (primary N) is 1. The van der Waals surface area contributed by atoms with Gasteiger partial charge in [0.05, 0.1) is 0 Å². The zero-order chi connectivity index (χ0) is 13.1. The highest BCUT2D eigenvalue weighted by molar-refractivity contribution is 5.28. The highest BCUT2D eigenvalue weighted by Crippen LogP contribution is 2.29. The lowest BCUT2D eigenvalue weighted by Crippen LogP contribution is -2.30. The van der Waals surface area contributed by atoms with Gasteiger partial charge in [-0.25, -0.2) is 4.39 Å². The summed E-state index contributed by atoms with van der Waals surface area (Å²) in [6.45, 7) is 6.89. The van der Waals surface area contributed by atoms with E-state index >= 15 is 0 Å². The average molecular weight is 250 g/mol. The Hall–Kier alpha value is -0.930.